The Bertz CT molecular complexity index is 451. The van der Waals surface area contributed by atoms with Gasteiger partial charge in [-0.3, -0.25) is 4.79 Å². The first-order valence-electron chi connectivity index (χ1n) is 7.21. The summed E-state index contributed by atoms with van der Waals surface area (Å²) in [5.41, 5.74) is -0.808. The molecule has 1 radical (unpaired) electrons. The summed E-state index contributed by atoms with van der Waals surface area (Å²) in [7, 11) is 0. The van der Waals surface area contributed by atoms with Crippen LogP contribution in [-0.4, -0.2) is 21.5 Å². The maximum absolute atomic E-state index is 12.1. The van der Waals surface area contributed by atoms with Crippen LogP contribution >= 0.6 is 11.6 Å². The molecule has 0 aliphatic carbocycles. The second-order valence-corrected chi connectivity index (χ2v) is 7.83. The molecule has 0 aliphatic rings. The maximum atomic E-state index is 12.1. The number of aldehydes is 1. The van der Waals surface area contributed by atoms with E-state index in [4.69, 9.17) is 11.6 Å². The lowest BCUT2D eigenvalue weighted by Gasteiger charge is -2.08. The van der Waals surface area contributed by atoms with E-state index >= 15 is 0 Å². The Balaban J connectivity index is 0.000000433. The fraction of sp³-hybridized carbons (Fsp3) is 0.562. The van der Waals surface area contributed by atoms with Gasteiger partial charge < -0.3 is 0 Å². The molecule has 0 heterocycles. The van der Waals surface area contributed by atoms with Gasteiger partial charge in [-0.2, -0.15) is 13.2 Å². The Morgan fingerprint density at radius 1 is 1.14 bits per heavy atom. The van der Waals surface area contributed by atoms with Gasteiger partial charge in [0.15, 0.2) is 0 Å². The molecule has 0 atom stereocenters. The monoisotopic (exact) mass is 349 g/mol. The standard InChI is InChI=1S/C8H4ClF3O.2C4H9.Al/c9-7-3-5(4-13)1-2-6(7)8(10,11)12;2*1-4(2)3;/h1-4H;2*4H,1H2,2-3H3;. The van der Waals surface area contributed by atoms with Crippen LogP contribution < -0.4 is 0 Å². The normalized spacial score (nSPS) is 11.2. The predicted molar refractivity (Wildman–Crippen MR) is 86.9 cm³/mol. The van der Waals surface area contributed by atoms with Crippen LogP contribution in [-0.2, 0) is 6.18 Å². The van der Waals surface area contributed by atoms with Gasteiger partial charge in [0.1, 0.15) is 6.29 Å². The molecule has 0 saturated heterocycles. The van der Waals surface area contributed by atoms with Gasteiger partial charge in [-0.25, -0.2) is 0 Å². The molecule has 0 bridgehead atoms. The molecule has 0 N–H and O–H groups in total. The van der Waals surface area contributed by atoms with Crippen molar-refractivity contribution in [1.82, 2.24) is 0 Å². The highest BCUT2D eigenvalue weighted by Gasteiger charge is 2.32. The first-order valence-corrected chi connectivity index (χ1v) is 9.22. The van der Waals surface area contributed by atoms with E-state index in [9.17, 15) is 18.0 Å². The summed E-state index contributed by atoms with van der Waals surface area (Å²) in [6.45, 7) is 9.25. The minimum absolute atomic E-state index is 0.123. The van der Waals surface area contributed by atoms with Crippen LogP contribution in [0.25, 0.3) is 0 Å². The molecule has 0 fully saturated rings. The van der Waals surface area contributed by atoms with Crippen LogP contribution in [0.2, 0.25) is 15.6 Å². The smallest absolute Gasteiger partial charge is 0.298 e. The van der Waals surface area contributed by atoms with Gasteiger partial charge in [0, 0.05) is 5.56 Å². The van der Waals surface area contributed by atoms with E-state index in [-0.39, 0.29) is 5.56 Å². The average molecular weight is 350 g/mol. The van der Waals surface area contributed by atoms with Crippen molar-refractivity contribution in [3.05, 3.63) is 34.3 Å². The fourth-order valence-corrected chi connectivity index (χ4v) is 3.42. The third-order valence-corrected chi connectivity index (χ3v) is 5.58. The first kappa shape index (κ1) is 21.5. The molecule has 1 aromatic carbocycles. The summed E-state index contributed by atoms with van der Waals surface area (Å²) in [6.07, 6.45) is -4.04. The molecule has 1 nitrogen and oxygen atoms in total. The zero-order valence-corrected chi connectivity index (χ0v) is 15.3. The van der Waals surface area contributed by atoms with Crippen LogP contribution in [0.15, 0.2) is 18.2 Å². The topological polar surface area (TPSA) is 17.1 Å². The summed E-state index contributed by atoms with van der Waals surface area (Å²) < 4.78 is 36.3. The molecule has 0 saturated carbocycles. The number of rotatable bonds is 5. The first-order chi connectivity index (χ1) is 10.1. The SMILES string of the molecule is CC(C)[CH2][Al][CH2]C(C)C.O=Cc1ccc(C(F)(F)F)c(Cl)c1. The Labute approximate surface area is 142 Å². The summed E-state index contributed by atoms with van der Waals surface area (Å²) >= 11 is 6.07. The van der Waals surface area contributed by atoms with Crippen LogP contribution in [0.5, 0.6) is 0 Å². The van der Waals surface area contributed by atoms with E-state index in [1.165, 1.54) is 10.6 Å². The molecule has 1 aromatic rings. The Morgan fingerprint density at radius 3 is 1.95 bits per heavy atom. The van der Waals surface area contributed by atoms with Gasteiger partial charge in [0.05, 0.1) is 10.6 Å². The van der Waals surface area contributed by atoms with Crippen molar-refractivity contribution in [1.29, 1.82) is 0 Å². The van der Waals surface area contributed by atoms with Gasteiger partial charge in [-0.15, -0.1) is 10.6 Å². The molecule has 6 heteroatoms. The van der Waals surface area contributed by atoms with Crippen LogP contribution in [0.4, 0.5) is 13.2 Å². The lowest BCUT2D eigenvalue weighted by Crippen LogP contribution is -2.05. The zero-order valence-electron chi connectivity index (χ0n) is 13.4. The van der Waals surface area contributed by atoms with Crippen LogP contribution in [0.3, 0.4) is 0 Å². The second kappa shape index (κ2) is 10.3. The molecule has 0 spiro atoms. The zero-order chi connectivity index (χ0) is 17.3. The van der Waals surface area contributed by atoms with Crippen molar-refractivity contribution in [2.45, 2.75) is 44.4 Å². The molecule has 22 heavy (non-hydrogen) atoms. The minimum atomic E-state index is -4.47. The molecular formula is C16H22AlClF3O. The minimum Gasteiger partial charge on any atom is -0.298 e. The maximum Gasteiger partial charge on any atom is 0.417 e. The second-order valence-electron chi connectivity index (χ2n) is 5.90. The molecule has 123 valence electrons. The van der Waals surface area contributed by atoms with Gasteiger partial charge in [-0.1, -0.05) is 57.2 Å². The predicted octanol–water partition coefficient (Wildman–Crippen LogP) is 6.01. The number of carbonyl (C=O) groups is 1. The van der Waals surface area contributed by atoms with Crippen LogP contribution in [0.1, 0.15) is 43.6 Å². The van der Waals surface area contributed by atoms with E-state index in [1.54, 1.807) is 0 Å². The molecule has 0 aliphatic heterocycles. The Hall–Kier alpha value is -0.498. The number of carbonyl (C=O) groups excluding carboxylic acids is 1. The number of hydrogen-bond acceptors (Lipinski definition) is 1. The van der Waals surface area contributed by atoms with Crippen molar-refractivity contribution >= 4 is 33.1 Å². The summed E-state index contributed by atoms with van der Waals surface area (Å²) in [5.74, 6) is 1.86. The molecule has 0 aromatic heterocycles. The van der Waals surface area contributed by atoms with Crippen molar-refractivity contribution in [2.75, 3.05) is 0 Å². The molecule has 0 unspecified atom stereocenters. The number of alkyl halides is 3. The lowest BCUT2D eigenvalue weighted by atomic mass is 10.1. The Kier molecular flexibility index (Phi) is 10.1. The van der Waals surface area contributed by atoms with E-state index in [1.807, 2.05) is 0 Å². The summed E-state index contributed by atoms with van der Waals surface area (Å²) in [5, 5.41) is 2.51. The summed E-state index contributed by atoms with van der Waals surface area (Å²) in [6, 6.07) is 2.84. The molecular weight excluding hydrogens is 328 g/mol. The quantitative estimate of drug-likeness (QED) is 0.470. The largest absolute Gasteiger partial charge is 0.417 e. The van der Waals surface area contributed by atoms with Gasteiger partial charge >= 0.3 is 6.18 Å². The van der Waals surface area contributed by atoms with Crippen molar-refractivity contribution in [3.8, 4) is 0 Å². The van der Waals surface area contributed by atoms with E-state index in [0.717, 1.165) is 45.3 Å². The average Bonchev–Trinajstić information content (AvgIpc) is 2.36. The highest BCUT2D eigenvalue weighted by molar-refractivity contribution is 6.35. The highest BCUT2D eigenvalue weighted by Crippen LogP contribution is 2.34. The Morgan fingerprint density at radius 2 is 1.64 bits per heavy atom. The molecule has 1 rings (SSSR count). The number of halogens is 4. The van der Waals surface area contributed by atoms with E-state index < -0.39 is 16.8 Å². The van der Waals surface area contributed by atoms with Crippen molar-refractivity contribution in [2.24, 2.45) is 11.8 Å². The summed E-state index contributed by atoms with van der Waals surface area (Å²) in [4.78, 5) is 10.2. The third-order valence-electron chi connectivity index (χ3n) is 2.71. The fourth-order valence-electron chi connectivity index (χ4n) is 1.60. The third kappa shape index (κ3) is 9.51. The molecule has 0 amide bonds. The van der Waals surface area contributed by atoms with Crippen molar-refractivity contribution < 1.29 is 18.0 Å². The van der Waals surface area contributed by atoms with E-state index in [2.05, 4.69) is 27.7 Å². The van der Waals surface area contributed by atoms with Gasteiger partial charge in [0.2, 0.25) is 15.2 Å². The van der Waals surface area contributed by atoms with Gasteiger partial charge in [0.25, 0.3) is 0 Å². The number of hydrogen-bond donors (Lipinski definition) is 0. The number of benzene rings is 1. The van der Waals surface area contributed by atoms with E-state index in [0.29, 0.717) is 6.29 Å². The van der Waals surface area contributed by atoms with Crippen LogP contribution in [0, 0.1) is 11.8 Å². The highest BCUT2D eigenvalue weighted by atomic mass is 35.5. The van der Waals surface area contributed by atoms with Crippen molar-refractivity contribution in [3.63, 3.8) is 0 Å². The lowest BCUT2D eigenvalue weighted by molar-refractivity contribution is -0.137. The van der Waals surface area contributed by atoms with Gasteiger partial charge in [-0.05, 0) is 12.1 Å².